The number of rotatable bonds is 4. The van der Waals surface area contributed by atoms with Crippen LogP contribution in [0.15, 0.2) is 36.4 Å². The Morgan fingerprint density at radius 1 is 1.00 bits per heavy atom. The average molecular weight is 350 g/mol. The fourth-order valence-electron chi connectivity index (χ4n) is 2.73. The zero-order valence-corrected chi connectivity index (χ0v) is 13.0. The summed E-state index contributed by atoms with van der Waals surface area (Å²) in [6.45, 7) is -0.541. The van der Waals surface area contributed by atoms with E-state index >= 15 is 0 Å². The van der Waals surface area contributed by atoms with Crippen molar-refractivity contribution < 1.29 is 39.8 Å². The van der Waals surface area contributed by atoms with Gasteiger partial charge in [0.15, 0.2) is 0 Å². The molecule has 0 spiro atoms. The second kappa shape index (κ2) is 6.95. The monoisotopic (exact) mass is 350 g/mol. The molecule has 3 rings (SSSR count). The van der Waals surface area contributed by atoms with Gasteiger partial charge in [0.05, 0.1) is 12.2 Å². The molecule has 1 aliphatic heterocycles. The van der Waals surface area contributed by atoms with Crippen molar-refractivity contribution >= 4 is 16.7 Å². The fraction of sp³-hybridized carbons (Fsp3) is 0.353. The molecule has 0 aromatic heterocycles. The van der Waals surface area contributed by atoms with Gasteiger partial charge in [-0.3, -0.25) is 0 Å². The molecule has 8 nitrogen and oxygen atoms in total. The summed E-state index contributed by atoms with van der Waals surface area (Å²) in [7, 11) is 0. The van der Waals surface area contributed by atoms with Crippen LogP contribution in [0.1, 0.15) is 10.4 Å². The SMILES string of the molecule is O=C(O)c1ccc2cc(O[C@H]3O[C@H](CO)[C@H](O)[C@H](O)[C@H]3O)ccc2c1. The molecule has 25 heavy (non-hydrogen) atoms. The van der Waals surface area contributed by atoms with Crippen LogP contribution in [0, 0.1) is 0 Å². The summed E-state index contributed by atoms with van der Waals surface area (Å²) in [6.07, 6.45) is -6.79. The van der Waals surface area contributed by atoms with Crippen molar-refractivity contribution in [3.8, 4) is 5.75 Å². The highest BCUT2D eigenvalue weighted by molar-refractivity contribution is 5.94. The maximum atomic E-state index is 11.0. The number of benzene rings is 2. The second-order valence-corrected chi connectivity index (χ2v) is 5.84. The van der Waals surface area contributed by atoms with Crippen molar-refractivity contribution in [2.24, 2.45) is 0 Å². The Morgan fingerprint density at radius 2 is 1.68 bits per heavy atom. The third kappa shape index (κ3) is 3.44. The third-order valence-corrected chi connectivity index (χ3v) is 4.16. The zero-order valence-electron chi connectivity index (χ0n) is 13.0. The van der Waals surface area contributed by atoms with Crippen molar-refractivity contribution in [2.45, 2.75) is 30.7 Å². The number of carboxylic acids is 1. The number of hydrogen-bond donors (Lipinski definition) is 5. The number of aliphatic hydroxyl groups excluding tert-OH is 4. The van der Waals surface area contributed by atoms with Gasteiger partial charge in [0, 0.05) is 0 Å². The Balaban J connectivity index is 1.82. The van der Waals surface area contributed by atoms with Gasteiger partial charge in [-0.15, -0.1) is 0 Å². The molecule has 5 atom stereocenters. The van der Waals surface area contributed by atoms with Crippen molar-refractivity contribution in [3.63, 3.8) is 0 Å². The lowest BCUT2D eigenvalue weighted by Crippen LogP contribution is -2.60. The Kier molecular flexibility index (Phi) is 4.89. The lowest BCUT2D eigenvalue weighted by molar-refractivity contribution is -0.277. The molecule has 0 aliphatic carbocycles. The smallest absolute Gasteiger partial charge is 0.335 e. The average Bonchev–Trinajstić information content (AvgIpc) is 2.61. The van der Waals surface area contributed by atoms with Crippen LogP contribution in [0.25, 0.3) is 10.8 Å². The van der Waals surface area contributed by atoms with Crippen LogP contribution in [0.5, 0.6) is 5.75 Å². The first-order valence-electron chi connectivity index (χ1n) is 7.65. The number of ether oxygens (including phenoxy) is 2. The molecule has 1 heterocycles. The molecule has 8 heteroatoms. The van der Waals surface area contributed by atoms with E-state index in [2.05, 4.69) is 0 Å². The number of aromatic carboxylic acids is 1. The second-order valence-electron chi connectivity index (χ2n) is 5.84. The summed E-state index contributed by atoms with van der Waals surface area (Å²) in [5.41, 5.74) is 0.162. The van der Waals surface area contributed by atoms with Crippen molar-refractivity contribution in [1.29, 1.82) is 0 Å². The highest BCUT2D eigenvalue weighted by Gasteiger charge is 2.44. The van der Waals surface area contributed by atoms with Crippen LogP contribution in [0.4, 0.5) is 0 Å². The lowest BCUT2D eigenvalue weighted by atomic mass is 9.99. The molecular formula is C17H18O8. The van der Waals surface area contributed by atoms with E-state index in [0.717, 1.165) is 0 Å². The molecule has 0 amide bonds. The van der Waals surface area contributed by atoms with Crippen molar-refractivity contribution in [1.82, 2.24) is 0 Å². The van der Waals surface area contributed by atoms with Gasteiger partial charge in [-0.05, 0) is 35.0 Å². The lowest BCUT2D eigenvalue weighted by Gasteiger charge is -2.39. The van der Waals surface area contributed by atoms with Crippen LogP contribution in [-0.4, -0.2) is 68.8 Å². The minimum absolute atomic E-state index is 0.162. The van der Waals surface area contributed by atoms with E-state index in [1.54, 1.807) is 24.3 Å². The molecule has 0 saturated carbocycles. The van der Waals surface area contributed by atoms with E-state index in [9.17, 15) is 25.2 Å². The summed E-state index contributed by atoms with van der Waals surface area (Å²) in [5, 5.41) is 49.1. The third-order valence-electron chi connectivity index (χ3n) is 4.16. The molecule has 1 fully saturated rings. The van der Waals surface area contributed by atoms with Crippen LogP contribution >= 0.6 is 0 Å². The van der Waals surface area contributed by atoms with Gasteiger partial charge in [0.1, 0.15) is 30.2 Å². The molecule has 1 saturated heterocycles. The summed E-state index contributed by atoms with van der Waals surface area (Å²) in [5.74, 6) is -0.705. The van der Waals surface area contributed by atoms with E-state index in [1.165, 1.54) is 12.1 Å². The molecule has 2 aromatic carbocycles. The highest BCUT2D eigenvalue weighted by atomic mass is 16.7. The van der Waals surface area contributed by atoms with E-state index in [-0.39, 0.29) is 5.56 Å². The topological polar surface area (TPSA) is 137 Å². The minimum Gasteiger partial charge on any atom is -0.478 e. The van der Waals surface area contributed by atoms with E-state index in [1.807, 2.05) is 0 Å². The molecule has 2 aromatic rings. The molecular weight excluding hydrogens is 332 g/mol. The number of fused-ring (bicyclic) bond motifs is 1. The van der Waals surface area contributed by atoms with Gasteiger partial charge in [-0.25, -0.2) is 4.79 Å². The molecule has 0 bridgehead atoms. The Morgan fingerprint density at radius 3 is 2.36 bits per heavy atom. The first-order chi connectivity index (χ1) is 11.9. The molecule has 134 valence electrons. The maximum Gasteiger partial charge on any atom is 0.335 e. The van der Waals surface area contributed by atoms with Crippen LogP contribution in [0.3, 0.4) is 0 Å². The summed E-state index contributed by atoms with van der Waals surface area (Å²) >= 11 is 0. The van der Waals surface area contributed by atoms with Gasteiger partial charge in [-0.1, -0.05) is 12.1 Å². The van der Waals surface area contributed by atoms with Gasteiger partial charge in [0.2, 0.25) is 6.29 Å². The number of carboxylic acid groups (broad SMARTS) is 1. The van der Waals surface area contributed by atoms with E-state index < -0.39 is 43.3 Å². The predicted molar refractivity (Wildman–Crippen MR) is 85.3 cm³/mol. The molecule has 0 radical (unpaired) electrons. The normalized spacial score (nSPS) is 29.5. The maximum absolute atomic E-state index is 11.0. The highest BCUT2D eigenvalue weighted by Crippen LogP contribution is 2.27. The summed E-state index contributed by atoms with van der Waals surface area (Å²) in [6, 6.07) is 9.45. The minimum atomic E-state index is -1.52. The summed E-state index contributed by atoms with van der Waals surface area (Å²) < 4.78 is 10.8. The Labute approximate surface area is 142 Å². The number of aliphatic hydroxyl groups is 4. The van der Waals surface area contributed by atoms with Crippen LogP contribution < -0.4 is 4.74 Å². The first-order valence-corrected chi connectivity index (χ1v) is 7.65. The molecule has 1 aliphatic rings. The quantitative estimate of drug-likeness (QED) is 0.508. The molecule has 5 N–H and O–H groups in total. The van der Waals surface area contributed by atoms with Gasteiger partial charge in [0.25, 0.3) is 0 Å². The van der Waals surface area contributed by atoms with Crippen LogP contribution in [-0.2, 0) is 4.74 Å². The van der Waals surface area contributed by atoms with Crippen LogP contribution in [0.2, 0.25) is 0 Å². The van der Waals surface area contributed by atoms with E-state index in [0.29, 0.717) is 16.5 Å². The van der Waals surface area contributed by atoms with Crippen molar-refractivity contribution in [2.75, 3.05) is 6.61 Å². The van der Waals surface area contributed by atoms with Gasteiger partial charge >= 0.3 is 5.97 Å². The predicted octanol–water partition coefficient (Wildman–Crippen LogP) is -0.283. The van der Waals surface area contributed by atoms with Gasteiger partial charge in [-0.2, -0.15) is 0 Å². The summed E-state index contributed by atoms with van der Waals surface area (Å²) in [4.78, 5) is 11.0. The number of carbonyl (C=O) groups is 1. The Hall–Kier alpha value is -2.23. The molecule has 0 unspecified atom stereocenters. The Bertz CT molecular complexity index is 774. The standard InChI is InChI=1S/C17H18O8/c18-7-12-13(19)14(20)15(21)17(25-12)24-11-4-3-8-5-10(16(22)23)2-1-9(8)6-11/h1-6,12-15,17-21H,7H2,(H,22,23)/t12-,13+,14+,15-,17+/m1/s1. The number of hydrogen-bond acceptors (Lipinski definition) is 7. The fourth-order valence-corrected chi connectivity index (χ4v) is 2.73. The van der Waals surface area contributed by atoms with Gasteiger partial charge < -0.3 is 35.0 Å². The first kappa shape index (κ1) is 17.6. The van der Waals surface area contributed by atoms with E-state index in [4.69, 9.17) is 14.6 Å². The van der Waals surface area contributed by atoms with Crippen molar-refractivity contribution in [3.05, 3.63) is 42.0 Å². The largest absolute Gasteiger partial charge is 0.478 e. The zero-order chi connectivity index (χ0) is 18.1.